The van der Waals surface area contributed by atoms with Gasteiger partial charge in [-0.3, -0.25) is 9.59 Å². The smallest absolute Gasteiger partial charge is 0.242 e. The van der Waals surface area contributed by atoms with Crippen LogP contribution in [0.1, 0.15) is 62.6 Å². The minimum absolute atomic E-state index is 0.00513. The molecule has 1 atom stereocenters. The Morgan fingerprint density at radius 3 is 2.19 bits per heavy atom. The van der Waals surface area contributed by atoms with E-state index in [0.29, 0.717) is 19.4 Å². The van der Waals surface area contributed by atoms with Crippen LogP contribution in [0.2, 0.25) is 0 Å². The zero-order valence-electron chi connectivity index (χ0n) is 19.6. The summed E-state index contributed by atoms with van der Waals surface area (Å²) in [5.74, 6) is 0.703. The van der Waals surface area contributed by atoms with Crippen LogP contribution in [0.15, 0.2) is 48.5 Å². The standard InChI is InChI=1S/C27H36N2O3/c1-4-21-9-11-22(12-10-21)15-18-26(30)29(19-23-13-16-25(32-3)17-14-23)20(2)27(31)28-24-7-5-6-8-24/h9-14,16-17,20,24H,4-8,15,18-19H2,1-3H3,(H,28,31). The number of benzene rings is 2. The van der Waals surface area contributed by atoms with Gasteiger partial charge in [0.1, 0.15) is 11.8 Å². The Balaban J connectivity index is 1.69. The van der Waals surface area contributed by atoms with Crippen molar-refractivity contribution in [3.05, 3.63) is 65.2 Å². The van der Waals surface area contributed by atoms with Gasteiger partial charge >= 0.3 is 0 Å². The minimum atomic E-state index is -0.521. The first-order chi connectivity index (χ1) is 15.5. The summed E-state index contributed by atoms with van der Waals surface area (Å²) in [5, 5.41) is 3.15. The predicted molar refractivity (Wildman–Crippen MR) is 128 cm³/mol. The van der Waals surface area contributed by atoms with E-state index in [9.17, 15) is 9.59 Å². The maximum Gasteiger partial charge on any atom is 0.242 e. The number of hydrogen-bond acceptors (Lipinski definition) is 3. The highest BCUT2D eigenvalue weighted by Gasteiger charge is 2.28. The number of hydrogen-bond donors (Lipinski definition) is 1. The number of ether oxygens (including phenoxy) is 1. The van der Waals surface area contributed by atoms with Crippen molar-refractivity contribution in [2.75, 3.05) is 7.11 Å². The van der Waals surface area contributed by atoms with Gasteiger partial charge in [-0.25, -0.2) is 0 Å². The SMILES string of the molecule is CCc1ccc(CCC(=O)N(Cc2ccc(OC)cc2)C(C)C(=O)NC2CCCC2)cc1. The lowest BCUT2D eigenvalue weighted by molar-refractivity contribution is -0.140. The third-order valence-electron chi connectivity index (χ3n) is 6.44. The van der Waals surface area contributed by atoms with Gasteiger partial charge in [0.25, 0.3) is 0 Å². The van der Waals surface area contributed by atoms with Gasteiger partial charge < -0.3 is 15.0 Å². The Hall–Kier alpha value is -2.82. The van der Waals surface area contributed by atoms with Gasteiger partial charge in [0.05, 0.1) is 7.11 Å². The molecule has 0 aromatic heterocycles. The molecule has 172 valence electrons. The number of amides is 2. The molecule has 1 saturated carbocycles. The lowest BCUT2D eigenvalue weighted by Gasteiger charge is -2.30. The number of nitrogens with one attached hydrogen (secondary N) is 1. The molecular formula is C27H36N2O3. The second-order valence-corrected chi connectivity index (χ2v) is 8.71. The van der Waals surface area contributed by atoms with Crippen LogP contribution >= 0.6 is 0 Å². The average molecular weight is 437 g/mol. The molecule has 3 rings (SSSR count). The van der Waals surface area contributed by atoms with Gasteiger partial charge in [-0.05, 0) is 61.4 Å². The van der Waals surface area contributed by atoms with E-state index in [1.807, 2.05) is 31.2 Å². The first kappa shape index (κ1) is 23.8. The summed E-state index contributed by atoms with van der Waals surface area (Å²) in [6.07, 6.45) is 6.41. The quantitative estimate of drug-likeness (QED) is 0.589. The van der Waals surface area contributed by atoms with Crippen molar-refractivity contribution in [2.24, 2.45) is 0 Å². The van der Waals surface area contributed by atoms with Crippen LogP contribution in [-0.2, 0) is 29.0 Å². The van der Waals surface area contributed by atoms with E-state index >= 15 is 0 Å². The van der Waals surface area contributed by atoms with E-state index in [-0.39, 0.29) is 17.9 Å². The van der Waals surface area contributed by atoms with E-state index in [1.54, 1.807) is 12.0 Å². The predicted octanol–water partition coefficient (Wildman–Crippen LogP) is 4.67. The van der Waals surface area contributed by atoms with Gasteiger partial charge in [0.15, 0.2) is 0 Å². The highest BCUT2D eigenvalue weighted by Crippen LogP contribution is 2.20. The largest absolute Gasteiger partial charge is 0.497 e. The fourth-order valence-electron chi connectivity index (χ4n) is 4.24. The highest BCUT2D eigenvalue weighted by molar-refractivity contribution is 5.87. The number of aryl methyl sites for hydroxylation is 2. The highest BCUT2D eigenvalue weighted by atomic mass is 16.5. The summed E-state index contributed by atoms with van der Waals surface area (Å²) in [6, 6.07) is 15.8. The van der Waals surface area contributed by atoms with Crippen LogP contribution in [0.3, 0.4) is 0 Å². The van der Waals surface area contributed by atoms with E-state index in [4.69, 9.17) is 4.74 Å². The minimum Gasteiger partial charge on any atom is -0.497 e. The summed E-state index contributed by atoms with van der Waals surface area (Å²) in [6.45, 7) is 4.37. The van der Waals surface area contributed by atoms with E-state index in [0.717, 1.165) is 49.0 Å². The molecule has 5 heteroatoms. The summed E-state index contributed by atoms with van der Waals surface area (Å²) in [5.41, 5.74) is 3.41. The number of nitrogens with zero attached hydrogens (tertiary/aromatic N) is 1. The summed E-state index contributed by atoms with van der Waals surface area (Å²) in [4.78, 5) is 27.9. The summed E-state index contributed by atoms with van der Waals surface area (Å²) in [7, 11) is 1.63. The van der Waals surface area contributed by atoms with Crippen LogP contribution in [0.25, 0.3) is 0 Å². The van der Waals surface area contributed by atoms with E-state index < -0.39 is 6.04 Å². The second-order valence-electron chi connectivity index (χ2n) is 8.71. The third-order valence-corrected chi connectivity index (χ3v) is 6.44. The zero-order chi connectivity index (χ0) is 22.9. The van der Waals surface area contributed by atoms with Gasteiger partial charge in [-0.15, -0.1) is 0 Å². The van der Waals surface area contributed by atoms with Crippen LogP contribution < -0.4 is 10.1 Å². The molecule has 1 aliphatic rings. The van der Waals surface area contributed by atoms with Crippen LogP contribution in [-0.4, -0.2) is 35.9 Å². The van der Waals surface area contributed by atoms with Crippen molar-refractivity contribution in [3.63, 3.8) is 0 Å². The lowest BCUT2D eigenvalue weighted by Crippen LogP contribution is -2.49. The van der Waals surface area contributed by atoms with Crippen molar-refractivity contribution >= 4 is 11.8 Å². The Bertz CT molecular complexity index is 871. The molecule has 0 bridgehead atoms. The van der Waals surface area contributed by atoms with Crippen molar-refractivity contribution in [3.8, 4) is 5.75 Å². The number of rotatable bonds is 10. The van der Waals surface area contributed by atoms with Gasteiger partial charge in [0.2, 0.25) is 11.8 Å². The van der Waals surface area contributed by atoms with Gasteiger partial charge in [-0.1, -0.05) is 56.2 Å². The van der Waals surface area contributed by atoms with Crippen LogP contribution in [0.5, 0.6) is 5.75 Å². The molecule has 1 N–H and O–H groups in total. The molecule has 1 unspecified atom stereocenters. The van der Waals surface area contributed by atoms with E-state index in [2.05, 4.69) is 36.5 Å². The number of methoxy groups -OCH3 is 1. The van der Waals surface area contributed by atoms with Crippen LogP contribution in [0, 0.1) is 0 Å². The summed E-state index contributed by atoms with van der Waals surface area (Å²) < 4.78 is 5.24. The number of carbonyl (C=O) groups is 2. The lowest BCUT2D eigenvalue weighted by atomic mass is 10.0. The van der Waals surface area contributed by atoms with Gasteiger partial charge in [-0.2, -0.15) is 0 Å². The number of carbonyl (C=O) groups excluding carboxylic acids is 2. The molecule has 0 heterocycles. The molecule has 0 radical (unpaired) electrons. The summed E-state index contributed by atoms with van der Waals surface area (Å²) >= 11 is 0. The molecule has 0 saturated heterocycles. The van der Waals surface area contributed by atoms with Crippen LogP contribution in [0.4, 0.5) is 0 Å². The molecule has 1 fully saturated rings. The second kappa shape index (κ2) is 11.7. The molecule has 2 aromatic rings. The molecule has 0 aliphatic heterocycles. The molecule has 0 spiro atoms. The topological polar surface area (TPSA) is 58.6 Å². The van der Waals surface area contributed by atoms with Crippen molar-refractivity contribution < 1.29 is 14.3 Å². The fraction of sp³-hybridized carbons (Fsp3) is 0.481. The van der Waals surface area contributed by atoms with Crippen molar-refractivity contribution in [1.82, 2.24) is 10.2 Å². The Kier molecular flexibility index (Phi) is 8.72. The molecular weight excluding hydrogens is 400 g/mol. The Labute approximate surface area is 192 Å². The van der Waals surface area contributed by atoms with Crippen molar-refractivity contribution in [1.29, 1.82) is 0 Å². The fourth-order valence-corrected chi connectivity index (χ4v) is 4.24. The first-order valence-corrected chi connectivity index (χ1v) is 11.8. The van der Waals surface area contributed by atoms with Gasteiger partial charge in [0, 0.05) is 19.0 Å². The average Bonchev–Trinajstić information content (AvgIpc) is 3.34. The first-order valence-electron chi connectivity index (χ1n) is 11.8. The normalized spacial score (nSPS) is 14.7. The molecule has 32 heavy (non-hydrogen) atoms. The maximum absolute atomic E-state index is 13.3. The molecule has 5 nitrogen and oxygen atoms in total. The molecule has 2 aromatic carbocycles. The third kappa shape index (κ3) is 6.59. The van der Waals surface area contributed by atoms with Crippen molar-refractivity contribution in [2.45, 2.75) is 77.4 Å². The molecule has 2 amide bonds. The monoisotopic (exact) mass is 436 g/mol. The Morgan fingerprint density at radius 1 is 1.00 bits per heavy atom. The van der Waals surface area contributed by atoms with E-state index in [1.165, 1.54) is 5.56 Å². The Morgan fingerprint density at radius 2 is 1.59 bits per heavy atom. The maximum atomic E-state index is 13.3. The molecule has 1 aliphatic carbocycles. The zero-order valence-corrected chi connectivity index (χ0v) is 19.6.